The number of carbonyl (C=O) groups is 1. The molecule has 0 saturated heterocycles. The van der Waals surface area contributed by atoms with E-state index in [0.717, 1.165) is 18.5 Å². The first-order valence-corrected chi connectivity index (χ1v) is 9.65. The Morgan fingerprint density at radius 2 is 2.04 bits per heavy atom. The van der Waals surface area contributed by atoms with E-state index in [-0.39, 0.29) is 10.7 Å². The third kappa shape index (κ3) is 7.21. The van der Waals surface area contributed by atoms with Gasteiger partial charge in [-0.3, -0.25) is 9.78 Å². The fourth-order valence-electron chi connectivity index (χ4n) is 2.20. The minimum atomic E-state index is -4.61. The molecule has 0 aromatic carbocycles. The molecular weight excluding hydrogens is 415 g/mol. The zero-order valence-corrected chi connectivity index (χ0v) is 15.8. The number of Topliss-reactive ketones (excluding diaryl/α,β-unsaturated/α-hetero) is 1. The number of hydrogen-bond acceptors (Lipinski definition) is 7. The van der Waals surface area contributed by atoms with E-state index in [0.29, 0.717) is 0 Å². The summed E-state index contributed by atoms with van der Waals surface area (Å²) in [5.41, 5.74) is 3.65. The van der Waals surface area contributed by atoms with Crippen LogP contribution in [0, 0.1) is 5.41 Å². The first-order chi connectivity index (χ1) is 12.2. The third-order valence-electron chi connectivity index (χ3n) is 3.35. The Hall–Kier alpha value is -2.08. The van der Waals surface area contributed by atoms with Crippen LogP contribution in [0.25, 0.3) is 0 Å². The molecule has 0 bridgehead atoms. The fourth-order valence-corrected chi connectivity index (χ4v) is 3.77. The molecule has 0 aliphatic heterocycles. The van der Waals surface area contributed by atoms with Crippen molar-refractivity contribution < 1.29 is 36.3 Å². The lowest BCUT2D eigenvalue weighted by Gasteiger charge is -2.26. The second kappa shape index (κ2) is 8.30. The first-order valence-electron chi connectivity index (χ1n) is 7.21. The molecule has 3 N–H and O–H groups in total. The Labute approximate surface area is 158 Å². The van der Waals surface area contributed by atoms with Crippen LogP contribution >= 0.6 is 11.6 Å². The zero-order chi connectivity index (χ0) is 21.0. The van der Waals surface area contributed by atoms with Gasteiger partial charge in [-0.1, -0.05) is 23.7 Å². The maximum Gasteiger partial charge on any atom is 0.422 e. The molecule has 27 heavy (non-hydrogen) atoms. The van der Waals surface area contributed by atoms with Crippen molar-refractivity contribution in [3.05, 3.63) is 23.0 Å². The van der Waals surface area contributed by atoms with Gasteiger partial charge < -0.3 is 15.7 Å². The summed E-state index contributed by atoms with van der Waals surface area (Å²) in [6, 6.07) is 0.906. The molecule has 1 rings (SSSR count). The van der Waals surface area contributed by atoms with Crippen LogP contribution in [0.3, 0.4) is 0 Å². The van der Waals surface area contributed by atoms with Gasteiger partial charge in [-0.2, -0.15) is 13.2 Å². The van der Waals surface area contributed by atoms with Crippen molar-refractivity contribution in [3.63, 3.8) is 0 Å². The van der Waals surface area contributed by atoms with E-state index >= 15 is 0 Å². The number of nitrogens with zero attached hydrogens (tertiary/aromatic N) is 2. The van der Waals surface area contributed by atoms with Crippen molar-refractivity contribution in [3.8, 4) is 5.75 Å². The number of amidine groups is 1. The molecule has 0 amide bonds. The molecule has 0 aliphatic carbocycles. The lowest BCUT2D eigenvalue weighted by Crippen LogP contribution is -2.42. The monoisotopic (exact) mass is 431 g/mol. The highest BCUT2D eigenvalue weighted by Gasteiger charge is 2.37. The molecule has 0 spiro atoms. The molecule has 1 aromatic heterocycles. The molecule has 0 aliphatic rings. The van der Waals surface area contributed by atoms with Gasteiger partial charge in [0.2, 0.25) is 0 Å². The predicted octanol–water partition coefficient (Wildman–Crippen LogP) is 2.05. The van der Waals surface area contributed by atoms with Gasteiger partial charge in [0.15, 0.2) is 12.4 Å². The molecule has 1 aromatic rings. The summed E-state index contributed by atoms with van der Waals surface area (Å²) < 4.78 is 64.6. The highest BCUT2D eigenvalue weighted by molar-refractivity contribution is 7.90. The van der Waals surface area contributed by atoms with Gasteiger partial charge in [0, 0.05) is 24.2 Å². The average molecular weight is 432 g/mol. The maximum absolute atomic E-state index is 12.5. The third-order valence-corrected chi connectivity index (χ3v) is 4.80. The molecular formula is C14H17ClF3N3O5S. The number of aromatic nitrogens is 1. The van der Waals surface area contributed by atoms with Crippen molar-refractivity contribution in [2.24, 2.45) is 16.3 Å². The zero-order valence-electron chi connectivity index (χ0n) is 14.2. The van der Waals surface area contributed by atoms with Crippen molar-refractivity contribution in [2.45, 2.75) is 19.5 Å². The van der Waals surface area contributed by atoms with Gasteiger partial charge in [-0.25, -0.2) is 8.42 Å². The molecule has 1 atom stereocenters. The van der Waals surface area contributed by atoms with Crippen LogP contribution in [0.2, 0.25) is 5.02 Å². The number of carbonyl (C=O) groups excluding carboxylic acids is 1. The highest BCUT2D eigenvalue weighted by Crippen LogP contribution is 2.30. The first kappa shape index (κ1) is 23.0. The second-order valence-electron chi connectivity index (χ2n) is 6.12. The standard InChI is InChI=1S/C14H17ClF3N3O5S/c1-13(12(19)21-23,7-27(2,24)25)4-10(22)9-3-11(8(15)5-20-9)26-6-14(16,17)18/h3,5,23H,4,6-7H2,1-2H3,(H2,19,21). The van der Waals surface area contributed by atoms with E-state index in [4.69, 9.17) is 22.5 Å². The van der Waals surface area contributed by atoms with E-state index in [1.165, 1.54) is 6.92 Å². The summed E-state index contributed by atoms with van der Waals surface area (Å²) in [4.78, 5) is 16.2. The van der Waals surface area contributed by atoms with Crippen molar-refractivity contribution >= 4 is 33.1 Å². The van der Waals surface area contributed by atoms with Crippen LogP contribution in [0.1, 0.15) is 23.8 Å². The number of oxime groups is 1. The molecule has 0 fully saturated rings. The molecule has 8 nitrogen and oxygen atoms in total. The fraction of sp³-hybridized carbons (Fsp3) is 0.500. The van der Waals surface area contributed by atoms with Crippen LogP contribution in [0.15, 0.2) is 17.4 Å². The Balaban J connectivity index is 3.13. The Morgan fingerprint density at radius 3 is 2.52 bits per heavy atom. The lowest BCUT2D eigenvalue weighted by atomic mass is 9.85. The number of pyridine rings is 1. The average Bonchev–Trinajstić information content (AvgIpc) is 2.50. The molecule has 152 valence electrons. The van der Waals surface area contributed by atoms with Gasteiger partial charge in [-0.15, -0.1) is 0 Å². The Bertz CT molecular complexity index is 845. The van der Waals surface area contributed by atoms with Crippen LogP contribution in [-0.2, 0) is 9.84 Å². The van der Waals surface area contributed by atoms with E-state index in [1.54, 1.807) is 0 Å². The Morgan fingerprint density at radius 1 is 1.44 bits per heavy atom. The van der Waals surface area contributed by atoms with Crippen LogP contribution < -0.4 is 10.5 Å². The summed E-state index contributed by atoms with van der Waals surface area (Å²) in [6.45, 7) is -0.335. The summed E-state index contributed by atoms with van der Waals surface area (Å²) >= 11 is 5.71. The van der Waals surface area contributed by atoms with Crippen molar-refractivity contribution in [1.82, 2.24) is 4.98 Å². The summed E-state index contributed by atoms with van der Waals surface area (Å²) in [5, 5.41) is 11.4. The molecule has 1 unspecified atom stereocenters. The molecule has 1 heterocycles. The van der Waals surface area contributed by atoms with Gasteiger partial charge in [0.05, 0.1) is 11.9 Å². The van der Waals surface area contributed by atoms with E-state index < -0.39 is 57.6 Å². The molecule has 13 heteroatoms. The molecule has 0 radical (unpaired) electrons. The number of sulfone groups is 1. The second-order valence-corrected chi connectivity index (χ2v) is 8.67. The van der Waals surface area contributed by atoms with Gasteiger partial charge in [0.1, 0.15) is 32.1 Å². The van der Waals surface area contributed by atoms with Crippen molar-refractivity contribution in [2.75, 3.05) is 18.6 Å². The van der Waals surface area contributed by atoms with E-state index in [2.05, 4.69) is 14.9 Å². The number of rotatable bonds is 8. The minimum absolute atomic E-state index is 0.244. The van der Waals surface area contributed by atoms with Gasteiger partial charge in [0.25, 0.3) is 0 Å². The topological polar surface area (TPSA) is 132 Å². The van der Waals surface area contributed by atoms with Crippen LogP contribution in [-0.4, -0.2) is 55.0 Å². The predicted molar refractivity (Wildman–Crippen MR) is 91.0 cm³/mol. The lowest BCUT2D eigenvalue weighted by molar-refractivity contribution is -0.153. The smallest absolute Gasteiger partial charge is 0.422 e. The van der Waals surface area contributed by atoms with E-state index in [1.807, 2.05) is 0 Å². The number of ether oxygens (including phenoxy) is 1. The van der Waals surface area contributed by atoms with Crippen LogP contribution in [0.4, 0.5) is 13.2 Å². The molecule has 0 saturated carbocycles. The Kier molecular flexibility index (Phi) is 7.05. The van der Waals surface area contributed by atoms with Crippen molar-refractivity contribution in [1.29, 1.82) is 0 Å². The highest BCUT2D eigenvalue weighted by atomic mass is 35.5. The number of halogens is 4. The normalized spacial score (nSPS) is 15.3. The summed E-state index contributed by atoms with van der Waals surface area (Å²) in [6.07, 6.45) is -3.32. The summed E-state index contributed by atoms with van der Waals surface area (Å²) in [5.74, 6) is -2.28. The minimum Gasteiger partial charge on any atom is -0.482 e. The summed E-state index contributed by atoms with van der Waals surface area (Å²) in [7, 11) is -3.62. The SMILES string of the molecule is CC(CC(=O)c1cc(OCC(F)(F)F)c(Cl)cn1)(CS(C)(=O)=O)/C(N)=N/O. The van der Waals surface area contributed by atoms with Gasteiger partial charge >= 0.3 is 6.18 Å². The van der Waals surface area contributed by atoms with E-state index in [9.17, 15) is 26.4 Å². The maximum atomic E-state index is 12.5. The largest absolute Gasteiger partial charge is 0.482 e. The number of ketones is 1. The number of hydrogen-bond donors (Lipinski definition) is 2. The number of alkyl halides is 3. The van der Waals surface area contributed by atoms with Gasteiger partial charge in [-0.05, 0) is 0 Å². The number of nitrogens with two attached hydrogens (primary N) is 1. The van der Waals surface area contributed by atoms with Crippen LogP contribution in [0.5, 0.6) is 5.75 Å². The quantitative estimate of drug-likeness (QED) is 0.211.